The lowest BCUT2D eigenvalue weighted by molar-refractivity contribution is -0.117. The van der Waals surface area contributed by atoms with Gasteiger partial charge in [0, 0.05) is 12.0 Å². The molecule has 1 aromatic rings. The lowest BCUT2D eigenvalue weighted by Crippen LogP contribution is -2.39. The van der Waals surface area contributed by atoms with Crippen molar-refractivity contribution in [3.63, 3.8) is 0 Å². The predicted octanol–water partition coefficient (Wildman–Crippen LogP) is 2.49. The van der Waals surface area contributed by atoms with E-state index in [1.807, 2.05) is 31.2 Å². The summed E-state index contributed by atoms with van der Waals surface area (Å²) < 4.78 is 0. The summed E-state index contributed by atoms with van der Waals surface area (Å²) in [5, 5.41) is 3.21. The van der Waals surface area contributed by atoms with Crippen LogP contribution in [0.3, 0.4) is 0 Å². The SMILES string of the molecule is Cc1ccccc1CC(=O)CNC(C)(C)C. The fourth-order valence-corrected chi connectivity index (χ4v) is 1.45. The Kier molecular flexibility index (Phi) is 4.25. The van der Waals surface area contributed by atoms with Crippen molar-refractivity contribution in [3.8, 4) is 0 Å². The van der Waals surface area contributed by atoms with Gasteiger partial charge in [0.2, 0.25) is 0 Å². The minimum atomic E-state index is 0.00138. The van der Waals surface area contributed by atoms with Crippen LogP contribution in [0.4, 0.5) is 0 Å². The van der Waals surface area contributed by atoms with Gasteiger partial charge in [-0.25, -0.2) is 0 Å². The average molecular weight is 219 g/mol. The number of Topliss-reactive ketones (excluding diaryl/α,β-unsaturated/α-hetero) is 1. The molecule has 0 unspecified atom stereocenters. The Morgan fingerprint density at radius 2 is 1.88 bits per heavy atom. The summed E-state index contributed by atoms with van der Waals surface area (Å²) in [6.07, 6.45) is 0.524. The highest BCUT2D eigenvalue weighted by atomic mass is 16.1. The van der Waals surface area contributed by atoms with Gasteiger partial charge in [0.05, 0.1) is 6.54 Å². The standard InChI is InChI=1S/C14H21NO/c1-11-7-5-6-8-12(11)9-13(16)10-15-14(2,3)4/h5-8,15H,9-10H2,1-4H3. The van der Waals surface area contributed by atoms with Crippen LogP contribution in [-0.2, 0) is 11.2 Å². The fourth-order valence-electron chi connectivity index (χ4n) is 1.45. The number of rotatable bonds is 4. The molecule has 0 saturated carbocycles. The molecular formula is C14H21NO. The summed E-state index contributed by atoms with van der Waals surface area (Å²) in [5.41, 5.74) is 2.32. The van der Waals surface area contributed by atoms with E-state index in [1.165, 1.54) is 5.56 Å². The number of hydrogen-bond acceptors (Lipinski definition) is 2. The molecule has 0 fully saturated rings. The van der Waals surface area contributed by atoms with Crippen LogP contribution in [0.2, 0.25) is 0 Å². The zero-order chi connectivity index (χ0) is 12.2. The summed E-state index contributed by atoms with van der Waals surface area (Å²) in [6, 6.07) is 8.04. The van der Waals surface area contributed by atoms with Gasteiger partial charge in [-0.1, -0.05) is 24.3 Å². The Labute approximate surface area is 98.1 Å². The zero-order valence-corrected chi connectivity index (χ0v) is 10.6. The lowest BCUT2D eigenvalue weighted by Gasteiger charge is -2.19. The van der Waals surface area contributed by atoms with Crippen molar-refractivity contribution in [2.75, 3.05) is 6.54 Å². The van der Waals surface area contributed by atoms with E-state index in [4.69, 9.17) is 0 Å². The minimum Gasteiger partial charge on any atom is -0.305 e. The third kappa shape index (κ3) is 4.58. The van der Waals surface area contributed by atoms with Crippen LogP contribution in [0, 0.1) is 6.92 Å². The summed E-state index contributed by atoms with van der Waals surface area (Å²) in [7, 11) is 0. The van der Waals surface area contributed by atoms with E-state index in [0.29, 0.717) is 13.0 Å². The molecule has 88 valence electrons. The zero-order valence-electron chi connectivity index (χ0n) is 10.6. The van der Waals surface area contributed by atoms with Crippen molar-refractivity contribution in [1.82, 2.24) is 5.32 Å². The maximum Gasteiger partial charge on any atom is 0.150 e. The number of nitrogens with one attached hydrogen (secondary N) is 1. The van der Waals surface area contributed by atoms with Gasteiger partial charge >= 0.3 is 0 Å². The van der Waals surface area contributed by atoms with Crippen molar-refractivity contribution in [1.29, 1.82) is 0 Å². The van der Waals surface area contributed by atoms with Gasteiger partial charge in [-0.15, -0.1) is 0 Å². The highest BCUT2D eigenvalue weighted by Crippen LogP contribution is 2.08. The van der Waals surface area contributed by atoms with Crippen LogP contribution in [-0.4, -0.2) is 17.9 Å². The number of carbonyl (C=O) groups is 1. The van der Waals surface area contributed by atoms with Crippen molar-refractivity contribution in [2.24, 2.45) is 0 Å². The first-order chi connectivity index (χ1) is 7.38. The molecule has 0 bridgehead atoms. The second-order valence-electron chi connectivity index (χ2n) is 5.25. The highest BCUT2D eigenvalue weighted by molar-refractivity contribution is 5.83. The van der Waals surface area contributed by atoms with Crippen LogP contribution >= 0.6 is 0 Å². The number of ketones is 1. The molecule has 0 radical (unpaired) electrons. The fraction of sp³-hybridized carbons (Fsp3) is 0.500. The first-order valence-electron chi connectivity index (χ1n) is 5.70. The molecule has 0 heterocycles. The molecule has 0 amide bonds. The van der Waals surface area contributed by atoms with Gasteiger partial charge in [0.15, 0.2) is 5.78 Å². The van der Waals surface area contributed by atoms with Gasteiger partial charge in [0.1, 0.15) is 0 Å². The number of carbonyl (C=O) groups excluding carboxylic acids is 1. The molecule has 0 atom stereocenters. The van der Waals surface area contributed by atoms with Crippen molar-refractivity contribution >= 4 is 5.78 Å². The van der Waals surface area contributed by atoms with Crippen molar-refractivity contribution in [2.45, 2.75) is 39.7 Å². The molecule has 2 nitrogen and oxygen atoms in total. The van der Waals surface area contributed by atoms with Crippen molar-refractivity contribution < 1.29 is 4.79 Å². The topological polar surface area (TPSA) is 29.1 Å². The molecule has 1 rings (SSSR count). The number of benzene rings is 1. The third-order valence-corrected chi connectivity index (χ3v) is 2.46. The normalized spacial score (nSPS) is 11.5. The van der Waals surface area contributed by atoms with Gasteiger partial charge in [-0.2, -0.15) is 0 Å². The maximum atomic E-state index is 11.7. The first-order valence-corrected chi connectivity index (χ1v) is 5.70. The highest BCUT2D eigenvalue weighted by Gasteiger charge is 2.12. The quantitative estimate of drug-likeness (QED) is 0.843. The van der Waals surface area contributed by atoms with Gasteiger partial charge < -0.3 is 5.32 Å². The third-order valence-electron chi connectivity index (χ3n) is 2.46. The molecule has 2 heteroatoms. The monoisotopic (exact) mass is 219 g/mol. The van der Waals surface area contributed by atoms with Crippen LogP contribution in [0.5, 0.6) is 0 Å². The van der Waals surface area contributed by atoms with Crippen LogP contribution in [0.15, 0.2) is 24.3 Å². The largest absolute Gasteiger partial charge is 0.305 e. The Balaban J connectivity index is 2.50. The molecule has 1 N–H and O–H groups in total. The summed E-state index contributed by atoms with van der Waals surface area (Å²) in [5.74, 6) is 0.240. The number of aryl methyl sites for hydroxylation is 1. The van der Waals surface area contributed by atoms with E-state index in [0.717, 1.165) is 5.56 Å². The Bertz CT molecular complexity index is 363. The Morgan fingerprint density at radius 1 is 1.25 bits per heavy atom. The van der Waals surface area contributed by atoms with Gasteiger partial charge in [-0.05, 0) is 38.8 Å². The second kappa shape index (κ2) is 5.26. The Hall–Kier alpha value is -1.15. The molecule has 16 heavy (non-hydrogen) atoms. The molecule has 0 aromatic heterocycles. The maximum absolute atomic E-state index is 11.7. The van der Waals surface area contributed by atoms with E-state index in [-0.39, 0.29) is 11.3 Å². The summed E-state index contributed by atoms with van der Waals surface area (Å²) in [4.78, 5) is 11.7. The Morgan fingerprint density at radius 3 is 2.44 bits per heavy atom. The smallest absolute Gasteiger partial charge is 0.150 e. The molecular weight excluding hydrogens is 198 g/mol. The van der Waals surface area contributed by atoms with E-state index >= 15 is 0 Å². The van der Waals surface area contributed by atoms with Crippen LogP contribution < -0.4 is 5.32 Å². The van der Waals surface area contributed by atoms with E-state index in [2.05, 4.69) is 26.1 Å². The minimum absolute atomic E-state index is 0.00138. The van der Waals surface area contributed by atoms with Crippen LogP contribution in [0.25, 0.3) is 0 Å². The lowest BCUT2D eigenvalue weighted by atomic mass is 10.0. The molecule has 0 aliphatic heterocycles. The molecule has 0 spiro atoms. The van der Waals surface area contributed by atoms with E-state index < -0.39 is 0 Å². The first kappa shape index (κ1) is 12.9. The van der Waals surface area contributed by atoms with Gasteiger partial charge in [0.25, 0.3) is 0 Å². The van der Waals surface area contributed by atoms with Crippen LogP contribution in [0.1, 0.15) is 31.9 Å². The molecule has 1 aromatic carbocycles. The molecule has 0 saturated heterocycles. The van der Waals surface area contributed by atoms with Gasteiger partial charge in [-0.3, -0.25) is 4.79 Å². The molecule has 0 aliphatic rings. The second-order valence-corrected chi connectivity index (χ2v) is 5.25. The summed E-state index contributed by atoms with van der Waals surface area (Å²) >= 11 is 0. The van der Waals surface area contributed by atoms with Crippen molar-refractivity contribution in [3.05, 3.63) is 35.4 Å². The summed E-state index contributed by atoms with van der Waals surface area (Å²) in [6.45, 7) is 8.67. The molecule has 0 aliphatic carbocycles. The number of hydrogen-bond donors (Lipinski definition) is 1. The average Bonchev–Trinajstić information content (AvgIpc) is 2.18. The van der Waals surface area contributed by atoms with E-state index in [1.54, 1.807) is 0 Å². The predicted molar refractivity (Wildman–Crippen MR) is 67.6 cm³/mol. The van der Waals surface area contributed by atoms with E-state index in [9.17, 15) is 4.79 Å².